The number of methoxy groups -OCH3 is 1. The Morgan fingerprint density at radius 3 is 3.17 bits per heavy atom. The lowest BCUT2D eigenvalue weighted by molar-refractivity contribution is 0.102. The number of anilines is 1. The molecular weight excluding hydrogens is 274 g/mol. The molecule has 0 fully saturated rings. The molecule has 0 saturated carbocycles. The number of thiazole rings is 1. The van der Waals surface area contributed by atoms with E-state index >= 15 is 0 Å². The number of nitrogens with one attached hydrogen (secondary N) is 1. The second kappa shape index (κ2) is 5.90. The van der Waals surface area contributed by atoms with Gasteiger partial charge in [0.2, 0.25) is 0 Å². The van der Waals surface area contributed by atoms with E-state index in [1.165, 1.54) is 17.5 Å². The third kappa shape index (κ3) is 3.04. The molecule has 0 aliphatic carbocycles. The summed E-state index contributed by atoms with van der Waals surface area (Å²) in [7, 11) is 1.59. The zero-order valence-corrected chi connectivity index (χ0v) is 11.1. The lowest BCUT2D eigenvalue weighted by Gasteiger charge is -2.02. The van der Waals surface area contributed by atoms with Crippen molar-refractivity contribution in [2.45, 2.75) is 6.61 Å². The van der Waals surface area contributed by atoms with Crippen LogP contribution < -0.4 is 5.32 Å². The number of hydrogen-bond donors (Lipinski definition) is 1. The second-order valence-electron chi connectivity index (χ2n) is 3.36. The van der Waals surface area contributed by atoms with Crippen LogP contribution in [0.2, 0.25) is 5.02 Å². The van der Waals surface area contributed by atoms with E-state index in [4.69, 9.17) is 16.3 Å². The summed E-state index contributed by atoms with van der Waals surface area (Å²) in [4.78, 5) is 20.0. The molecule has 0 radical (unpaired) electrons. The average molecular weight is 284 g/mol. The highest BCUT2D eigenvalue weighted by molar-refractivity contribution is 7.13. The van der Waals surface area contributed by atoms with E-state index in [2.05, 4.69) is 15.3 Å². The Balaban J connectivity index is 2.09. The van der Waals surface area contributed by atoms with Crippen LogP contribution in [0.1, 0.15) is 16.2 Å². The summed E-state index contributed by atoms with van der Waals surface area (Å²) in [5.41, 5.74) is 0.951. The first-order valence-corrected chi connectivity index (χ1v) is 6.31. The van der Waals surface area contributed by atoms with Gasteiger partial charge < -0.3 is 4.74 Å². The van der Waals surface area contributed by atoms with Gasteiger partial charge in [-0.2, -0.15) is 0 Å². The predicted molar refractivity (Wildman–Crippen MR) is 70.0 cm³/mol. The molecule has 2 aromatic rings. The molecule has 1 N–H and O–H groups in total. The quantitative estimate of drug-likeness (QED) is 0.937. The van der Waals surface area contributed by atoms with Gasteiger partial charge in [-0.15, -0.1) is 11.3 Å². The molecule has 0 aliphatic rings. The van der Waals surface area contributed by atoms with E-state index in [9.17, 15) is 4.79 Å². The minimum atomic E-state index is -0.376. The Morgan fingerprint density at radius 1 is 1.61 bits per heavy atom. The van der Waals surface area contributed by atoms with Crippen LogP contribution in [-0.4, -0.2) is 23.0 Å². The standard InChI is InChI=1S/C11H10ClN3O2S/c1-17-5-7-6-18-11(14-7)15-10(16)9-8(12)3-2-4-13-9/h2-4,6H,5H2,1H3,(H,14,15,16). The number of hydrogen-bond acceptors (Lipinski definition) is 5. The summed E-state index contributed by atoms with van der Waals surface area (Å²) < 4.78 is 4.95. The number of halogens is 1. The first-order valence-electron chi connectivity index (χ1n) is 5.06. The van der Waals surface area contributed by atoms with Crippen LogP contribution in [0.3, 0.4) is 0 Å². The van der Waals surface area contributed by atoms with Crippen LogP contribution in [0.4, 0.5) is 5.13 Å². The number of nitrogens with zero attached hydrogens (tertiary/aromatic N) is 2. The number of ether oxygens (including phenoxy) is 1. The van der Waals surface area contributed by atoms with E-state index in [1.54, 1.807) is 19.2 Å². The molecule has 2 aromatic heterocycles. The van der Waals surface area contributed by atoms with Gasteiger partial charge in [0.25, 0.3) is 5.91 Å². The van der Waals surface area contributed by atoms with Crippen molar-refractivity contribution < 1.29 is 9.53 Å². The third-order valence-corrected chi connectivity index (χ3v) is 3.15. The Hall–Kier alpha value is -1.50. The number of amides is 1. The van der Waals surface area contributed by atoms with Crippen LogP contribution in [0.15, 0.2) is 23.7 Å². The van der Waals surface area contributed by atoms with Crippen molar-refractivity contribution in [2.24, 2.45) is 0 Å². The van der Waals surface area contributed by atoms with Crippen molar-refractivity contribution in [1.82, 2.24) is 9.97 Å². The summed E-state index contributed by atoms with van der Waals surface area (Å²) in [6.45, 7) is 0.413. The number of pyridine rings is 1. The number of carbonyl (C=O) groups is 1. The van der Waals surface area contributed by atoms with Gasteiger partial charge in [0.15, 0.2) is 5.13 Å². The smallest absolute Gasteiger partial charge is 0.277 e. The molecule has 0 aromatic carbocycles. The zero-order valence-electron chi connectivity index (χ0n) is 9.51. The molecule has 2 heterocycles. The molecule has 94 valence electrons. The van der Waals surface area contributed by atoms with Gasteiger partial charge >= 0.3 is 0 Å². The van der Waals surface area contributed by atoms with Crippen molar-refractivity contribution >= 4 is 34.0 Å². The van der Waals surface area contributed by atoms with E-state index in [0.29, 0.717) is 16.8 Å². The van der Waals surface area contributed by atoms with Crippen LogP contribution in [0.5, 0.6) is 0 Å². The lowest BCUT2D eigenvalue weighted by Crippen LogP contribution is -2.14. The van der Waals surface area contributed by atoms with E-state index in [0.717, 1.165) is 5.69 Å². The zero-order chi connectivity index (χ0) is 13.0. The molecule has 0 saturated heterocycles. The van der Waals surface area contributed by atoms with Gasteiger partial charge in [0.05, 0.1) is 17.3 Å². The van der Waals surface area contributed by atoms with Gasteiger partial charge in [-0.1, -0.05) is 11.6 Å². The first-order chi connectivity index (χ1) is 8.70. The Labute approximate surface area is 113 Å². The third-order valence-electron chi connectivity index (χ3n) is 2.04. The van der Waals surface area contributed by atoms with E-state index in [1.807, 2.05) is 5.38 Å². The van der Waals surface area contributed by atoms with Crippen LogP contribution in [0, 0.1) is 0 Å². The maximum atomic E-state index is 11.9. The highest BCUT2D eigenvalue weighted by atomic mass is 35.5. The number of rotatable bonds is 4. The largest absolute Gasteiger partial charge is 0.378 e. The Morgan fingerprint density at radius 2 is 2.44 bits per heavy atom. The topological polar surface area (TPSA) is 64.1 Å². The summed E-state index contributed by atoms with van der Waals surface area (Å²) in [6.07, 6.45) is 1.51. The lowest BCUT2D eigenvalue weighted by atomic mass is 10.3. The van der Waals surface area contributed by atoms with Gasteiger partial charge in [0.1, 0.15) is 5.69 Å². The van der Waals surface area contributed by atoms with Crippen molar-refractivity contribution in [2.75, 3.05) is 12.4 Å². The molecule has 2 rings (SSSR count). The fourth-order valence-electron chi connectivity index (χ4n) is 1.29. The molecule has 1 amide bonds. The average Bonchev–Trinajstić information content (AvgIpc) is 2.77. The van der Waals surface area contributed by atoms with Crippen LogP contribution in [0.25, 0.3) is 0 Å². The van der Waals surface area contributed by atoms with Crippen molar-refractivity contribution in [3.05, 3.63) is 40.1 Å². The van der Waals surface area contributed by atoms with Crippen molar-refractivity contribution in [3.63, 3.8) is 0 Å². The summed E-state index contributed by atoms with van der Waals surface area (Å²) in [5.74, 6) is -0.376. The summed E-state index contributed by atoms with van der Waals surface area (Å²) in [6, 6.07) is 3.28. The highest BCUT2D eigenvalue weighted by Crippen LogP contribution is 2.18. The molecule has 0 atom stereocenters. The molecule has 7 heteroatoms. The number of carbonyl (C=O) groups excluding carboxylic acids is 1. The molecule has 0 bridgehead atoms. The fraction of sp³-hybridized carbons (Fsp3) is 0.182. The highest BCUT2D eigenvalue weighted by Gasteiger charge is 2.13. The Kier molecular flexibility index (Phi) is 4.24. The van der Waals surface area contributed by atoms with Gasteiger partial charge in [-0.05, 0) is 12.1 Å². The maximum absolute atomic E-state index is 11.9. The molecule has 0 spiro atoms. The van der Waals surface area contributed by atoms with E-state index in [-0.39, 0.29) is 11.6 Å². The monoisotopic (exact) mass is 283 g/mol. The van der Waals surface area contributed by atoms with Crippen LogP contribution in [-0.2, 0) is 11.3 Å². The van der Waals surface area contributed by atoms with Gasteiger partial charge in [-0.25, -0.2) is 9.97 Å². The Bertz CT molecular complexity index is 559. The minimum absolute atomic E-state index is 0.183. The maximum Gasteiger partial charge on any atom is 0.277 e. The fourth-order valence-corrected chi connectivity index (χ4v) is 2.19. The molecule has 0 aliphatic heterocycles. The van der Waals surface area contributed by atoms with E-state index < -0.39 is 0 Å². The summed E-state index contributed by atoms with van der Waals surface area (Å²) in [5, 5.41) is 5.27. The molecule has 0 unspecified atom stereocenters. The molecular formula is C11H10ClN3O2S. The second-order valence-corrected chi connectivity index (χ2v) is 4.63. The predicted octanol–water partition coefficient (Wildman–Crippen LogP) is 2.59. The first kappa shape index (κ1) is 12.9. The van der Waals surface area contributed by atoms with Gasteiger partial charge in [-0.3, -0.25) is 10.1 Å². The summed E-state index contributed by atoms with van der Waals surface area (Å²) >= 11 is 7.20. The normalized spacial score (nSPS) is 10.3. The van der Waals surface area contributed by atoms with Crippen LogP contribution >= 0.6 is 22.9 Å². The number of aromatic nitrogens is 2. The molecule has 18 heavy (non-hydrogen) atoms. The van der Waals surface area contributed by atoms with Gasteiger partial charge in [0, 0.05) is 18.7 Å². The minimum Gasteiger partial charge on any atom is -0.378 e. The van der Waals surface area contributed by atoms with Crippen molar-refractivity contribution in [1.29, 1.82) is 0 Å². The molecule has 5 nitrogen and oxygen atoms in total. The SMILES string of the molecule is COCc1csc(NC(=O)c2ncccc2Cl)n1. The van der Waals surface area contributed by atoms with Crippen molar-refractivity contribution in [3.8, 4) is 0 Å².